The molecular weight excluding hydrogens is 327 g/mol. The van der Waals surface area contributed by atoms with Gasteiger partial charge in [0.15, 0.2) is 0 Å². The fraction of sp³-hybridized carbons (Fsp3) is 0.409. The molecule has 2 atom stereocenters. The van der Waals surface area contributed by atoms with Gasteiger partial charge in [-0.25, -0.2) is 4.39 Å². The van der Waals surface area contributed by atoms with E-state index in [-0.39, 0.29) is 29.1 Å². The van der Waals surface area contributed by atoms with Crippen LogP contribution in [0.5, 0.6) is 0 Å². The molecule has 0 radical (unpaired) electrons. The third-order valence-electron chi connectivity index (χ3n) is 5.00. The summed E-state index contributed by atoms with van der Waals surface area (Å²) in [6, 6.07) is 14.4. The summed E-state index contributed by atoms with van der Waals surface area (Å²) in [5.41, 5.74) is 2.84. The Balaban J connectivity index is 1.79. The van der Waals surface area contributed by atoms with Crippen LogP contribution in [0.4, 0.5) is 10.1 Å². The Hall–Kier alpha value is -2.20. The molecule has 138 valence electrons. The van der Waals surface area contributed by atoms with Crippen molar-refractivity contribution < 1.29 is 9.18 Å². The quantitative estimate of drug-likeness (QED) is 0.831. The minimum absolute atomic E-state index is 0.0162. The van der Waals surface area contributed by atoms with Crippen molar-refractivity contribution >= 4 is 11.6 Å². The maximum atomic E-state index is 13.6. The molecule has 3 rings (SSSR count). The van der Waals surface area contributed by atoms with Gasteiger partial charge in [-0.05, 0) is 60.2 Å². The Morgan fingerprint density at radius 1 is 1.15 bits per heavy atom. The van der Waals surface area contributed by atoms with E-state index in [1.165, 1.54) is 17.7 Å². The van der Waals surface area contributed by atoms with Crippen LogP contribution in [-0.2, 0) is 10.2 Å². The second-order valence-corrected chi connectivity index (χ2v) is 8.06. The number of carbonyl (C=O) groups is 1. The molecule has 0 aromatic heterocycles. The van der Waals surface area contributed by atoms with Gasteiger partial charge in [-0.15, -0.1) is 0 Å². The van der Waals surface area contributed by atoms with Gasteiger partial charge in [0.1, 0.15) is 5.82 Å². The maximum Gasteiger partial charge on any atom is 0.229 e. The molecular formula is C22H27FN2O. The lowest BCUT2D eigenvalue weighted by Gasteiger charge is -2.32. The molecule has 2 aromatic rings. The Bertz CT molecular complexity index is 782. The highest BCUT2D eigenvalue weighted by atomic mass is 19.1. The zero-order chi connectivity index (χ0) is 18.7. The third-order valence-corrected chi connectivity index (χ3v) is 5.00. The molecule has 0 bridgehead atoms. The van der Waals surface area contributed by atoms with Gasteiger partial charge >= 0.3 is 0 Å². The number of rotatable bonds is 3. The number of carbonyl (C=O) groups excluding carboxylic acids is 1. The Morgan fingerprint density at radius 2 is 1.92 bits per heavy atom. The van der Waals surface area contributed by atoms with Crippen molar-refractivity contribution in [2.75, 3.05) is 11.9 Å². The lowest BCUT2D eigenvalue weighted by molar-refractivity contribution is -0.121. The lowest BCUT2D eigenvalue weighted by atomic mass is 9.85. The standard InChI is InChI=1S/C22H27FN2O/c1-22(2,3)16-8-5-10-18(14-16)25-21(26)19-11-6-12-24-20(19)15-7-4-9-17(23)13-15/h4-5,7-10,13-14,19-20,24H,6,11-12H2,1-3H3,(H,25,26)/t19-,20?/m0/s1. The van der Waals surface area contributed by atoms with Crippen LogP contribution in [0.1, 0.15) is 50.8 Å². The number of amides is 1. The van der Waals surface area contributed by atoms with E-state index in [9.17, 15) is 9.18 Å². The normalized spacial score (nSPS) is 20.6. The van der Waals surface area contributed by atoms with Crippen molar-refractivity contribution in [3.63, 3.8) is 0 Å². The SMILES string of the molecule is CC(C)(C)c1cccc(NC(=O)[C@H]2CCCNC2c2cccc(F)c2)c1. The summed E-state index contributed by atoms with van der Waals surface area (Å²) < 4.78 is 13.6. The predicted molar refractivity (Wildman–Crippen MR) is 104 cm³/mol. The summed E-state index contributed by atoms with van der Waals surface area (Å²) in [6.07, 6.45) is 1.73. The second kappa shape index (κ2) is 7.58. The molecule has 26 heavy (non-hydrogen) atoms. The number of benzene rings is 2. The van der Waals surface area contributed by atoms with Crippen molar-refractivity contribution in [3.8, 4) is 0 Å². The largest absolute Gasteiger partial charge is 0.326 e. The van der Waals surface area contributed by atoms with Crippen molar-refractivity contribution in [1.29, 1.82) is 0 Å². The zero-order valence-electron chi connectivity index (χ0n) is 15.7. The minimum atomic E-state index is -0.271. The highest BCUT2D eigenvalue weighted by Crippen LogP contribution is 2.31. The Kier molecular flexibility index (Phi) is 5.42. The lowest BCUT2D eigenvalue weighted by Crippen LogP contribution is -2.40. The van der Waals surface area contributed by atoms with Gasteiger partial charge in [-0.1, -0.05) is 45.0 Å². The molecule has 1 unspecified atom stereocenters. The van der Waals surface area contributed by atoms with Crippen LogP contribution < -0.4 is 10.6 Å². The summed E-state index contributed by atoms with van der Waals surface area (Å²) in [7, 11) is 0. The van der Waals surface area contributed by atoms with Gasteiger partial charge in [0, 0.05) is 11.7 Å². The molecule has 4 heteroatoms. The van der Waals surface area contributed by atoms with Gasteiger partial charge < -0.3 is 10.6 Å². The number of piperidine rings is 1. The summed E-state index contributed by atoms with van der Waals surface area (Å²) in [5.74, 6) is -0.506. The molecule has 1 saturated heterocycles. The van der Waals surface area contributed by atoms with Gasteiger partial charge in [0.25, 0.3) is 0 Å². The number of anilines is 1. The topological polar surface area (TPSA) is 41.1 Å². The monoisotopic (exact) mass is 354 g/mol. The van der Waals surface area contributed by atoms with Crippen molar-refractivity contribution in [1.82, 2.24) is 5.32 Å². The average Bonchev–Trinajstić information content (AvgIpc) is 2.61. The highest BCUT2D eigenvalue weighted by molar-refractivity contribution is 5.93. The smallest absolute Gasteiger partial charge is 0.229 e. The van der Waals surface area contributed by atoms with Crippen molar-refractivity contribution in [2.24, 2.45) is 5.92 Å². The summed E-state index contributed by atoms with van der Waals surface area (Å²) in [4.78, 5) is 13.0. The first kappa shape index (κ1) is 18.6. The molecule has 1 fully saturated rings. The van der Waals surface area contributed by atoms with E-state index in [1.807, 2.05) is 24.3 Å². The van der Waals surface area contributed by atoms with Gasteiger partial charge in [-0.2, -0.15) is 0 Å². The Morgan fingerprint density at radius 3 is 2.65 bits per heavy atom. The molecule has 0 spiro atoms. The van der Waals surface area contributed by atoms with Crippen LogP contribution in [0.3, 0.4) is 0 Å². The molecule has 2 aromatic carbocycles. The molecule has 1 heterocycles. The van der Waals surface area contributed by atoms with Crippen LogP contribution in [0.15, 0.2) is 48.5 Å². The van der Waals surface area contributed by atoms with Crippen LogP contribution in [0, 0.1) is 11.7 Å². The summed E-state index contributed by atoms with van der Waals surface area (Å²) in [5, 5.41) is 6.45. The molecule has 0 aliphatic carbocycles. The predicted octanol–water partition coefficient (Wildman–Crippen LogP) is 4.80. The summed E-state index contributed by atoms with van der Waals surface area (Å²) in [6.45, 7) is 7.29. The van der Waals surface area contributed by atoms with Crippen LogP contribution in [-0.4, -0.2) is 12.5 Å². The fourth-order valence-corrected chi connectivity index (χ4v) is 3.52. The van der Waals surface area contributed by atoms with E-state index >= 15 is 0 Å². The maximum absolute atomic E-state index is 13.6. The van der Waals surface area contributed by atoms with E-state index in [0.29, 0.717) is 0 Å². The van der Waals surface area contributed by atoms with E-state index in [4.69, 9.17) is 0 Å². The summed E-state index contributed by atoms with van der Waals surface area (Å²) >= 11 is 0. The molecule has 1 amide bonds. The fourth-order valence-electron chi connectivity index (χ4n) is 3.52. The molecule has 0 saturated carbocycles. The first-order valence-electron chi connectivity index (χ1n) is 9.25. The van der Waals surface area contributed by atoms with E-state index in [1.54, 1.807) is 6.07 Å². The zero-order valence-corrected chi connectivity index (χ0v) is 15.7. The van der Waals surface area contributed by atoms with Gasteiger partial charge in [0.2, 0.25) is 5.91 Å². The van der Waals surface area contributed by atoms with Gasteiger partial charge in [0.05, 0.1) is 5.92 Å². The minimum Gasteiger partial charge on any atom is -0.326 e. The van der Waals surface area contributed by atoms with E-state index < -0.39 is 0 Å². The number of nitrogens with one attached hydrogen (secondary N) is 2. The molecule has 1 aliphatic heterocycles. The average molecular weight is 354 g/mol. The van der Waals surface area contributed by atoms with E-state index in [2.05, 4.69) is 37.5 Å². The molecule has 1 aliphatic rings. The number of hydrogen-bond donors (Lipinski definition) is 2. The number of halogens is 1. The third kappa shape index (κ3) is 4.31. The number of hydrogen-bond acceptors (Lipinski definition) is 2. The van der Waals surface area contributed by atoms with Crippen molar-refractivity contribution in [3.05, 3.63) is 65.5 Å². The second-order valence-electron chi connectivity index (χ2n) is 8.06. The van der Waals surface area contributed by atoms with Crippen LogP contribution >= 0.6 is 0 Å². The molecule has 2 N–H and O–H groups in total. The highest BCUT2D eigenvalue weighted by Gasteiger charge is 2.32. The first-order chi connectivity index (χ1) is 12.3. The van der Waals surface area contributed by atoms with E-state index in [0.717, 1.165) is 30.6 Å². The first-order valence-corrected chi connectivity index (χ1v) is 9.25. The van der Waals surface area contributed by atoms with Gasteiger partial charge in [-0.3, -0.25) is 4.79 Å². The van der Waals surface area contributed by atoms with Crippen LogP contribution in [0.2, 0.25) is 0 Å². The Labute approximate surface area is 155 Å². The van der Waals surface area contributed by atoms with Crippen LogP contribution in [0.25, 0.3) is 0 Å². The van der Waals surface area contributed by atoms with Crippen molar-refractivity contribution in [2.45, 2.75) is 45.1 Å². The molecule has 3 nitrogen and oxygen atoms in total.